The average Bonchev–Trinajstić information content (AvgIpc) is 4.19. The molecule has 0 unspecified atom stereocenters. The Morgan fingerprint density at radius 1 is 0.182 bits per heavy atom. The van der Waals surface area contributed by atoms with E-state index >= 15 is 0 Å². The van der Waals surface area contributed by atoms with Crippen LogP contribution in [0.3, 0.4) is 0 Å². The van der Waals surface area contributed by atoms with E-state index in [9.17, 15) is 0 Å². The smallest absolute Gasteiger partial charge is 0.0586 e. The van der Waals surface area contributed by atoms with Gasteiger partial charge in [0.1, 0.15) is 0 Å². The van der Waals surface area contributed by atoms with Crippen LogP contribution in [0, 0.1) is 0 Å². The molecule has 0 bridgehead atoms. The first-order valence-corrected chi connectivity index (χ1v) is 24.8. The quantitative estimate of drug-likeness (QED) is 0.145. The van der Waals surface area contributed by atoms with E-state index in [4.69, 9.17) is 0 Å². The lowest BCUT2D eigenvalue weighted by atomic mass is 9.55. The number of rotatable bonds is 1. The molecule has 0 spiro atoms. The molecule has 0 N–H and O–H groups in total. The van der Waals surface area contributed by atoms with Gasteiger partial charge in [0.25, 0.3) is 0 Å². The summed E-state index contributed by atoms with van der Waals surface area (Å²) in [5, 5.41) is 90.2. The second-order valence-electron chi connectivity index (χ2n) is 24.4. The minimum atomic E-state index is -0.299. The Kier molecular flexibility index (Phi) is 1.88. The molecule has 0 fully saturated rings. The molecule has 0 radical (unpaired) electrons. The first-order valence-electron chi connectivity index (χ1n) is 24.8. The molecule has 29 aromatic rings. The van der Waals surface area contributed by atoms with Crippen molar-refractivity contribution in [2.75, 3.05) is 0 Å². The highest BCUT2D eigenvalue weighted by molar-refractivity contribution is 6.82. The van der Waals surface area contributed by atoms with Gasteiger partial charge in [0, 0.05) is 5.92 Å². The van der Waals surface area contributed by atoms with Crippen molar-refractivity contribution in [2.24, 2.45) is 0 Å². The Morgan fingerprint density at radius 2 is 0.348 bits per heavy atom. The summed E-state index contributed by atoms with van der Waals surface area (Å²) in [5.74, 6) is 0.255. The van der Waals surface area contributed by atoms with Gasteiger partial charge in [0.15, 0.2) is 0 Å². The molecule has 0 atom stereocenters. The van der Waals surface area contributed by atoms with Crippen molar-refractivity contribution in [1.29, 1.82) is 0 Å². The molecule has 33 rings (SSSR count). The molecule has 4 aliphatic rings. The van der Waals surface area contributed by atoms with Gasteiger partial charge < -0.3 is 0 Å². The van der Waals surface area contributed by atoms with Crippen molar-refractivity contribution in [3.8, 4) is 0 Å². The van der Waals surface area contributed by atoms with Gasteiger partial charge in [0.2, 0.25) is 0 Å². The molecule has 0 nitrogen and oxygen atoms in total. The molecule has 4 aliphatic carbocycles. The van der Waals surface area contributed by atoms with Crippen molar-refractivity contribution < 1.29 is 0 Å². The molecule has 0 aliphatic heterocycles. The molecule has 0 amide bonds. The zero-order valence-electron chi connectivity index (χ0n) is 33.5. The molecule has 270 valence electrons. The lowest BCUT2D eigenvalue weighted by Crippen LogP contribution is -2.38. The minimum absolute atomic E-state index is 0.255. The summed E-state index contributed by atoms with van der Waals surface area (Å²) in [6.07, 6.45) is 0. The highest BCUT2D eigenvalue weighted by Gasteiger charge is 2.63. The minimum Gasteiger partial charge on any atom is -0.0622 e. The van der Waals surface area contributed by atoms with E-state index in [1.165, 1.54) is 0 Å². The molecule has 0 heterocycles. The SMILES string of the molecule is c1ccc(C23c4c5c6c7c8c9c(c%10c%11c2c2c4c4c%12c5c5c6c6c8c8c%13c9c9c%10c%10c%11c%11c2c2c4c4c%12c%12c5c5c6c8c6c8c%13c9c9c%10c%10c%11c2c2c4c4c%12c5c6c5c8c9c%10c2c45)C73)cc1. The van der Waals surface area contributed by atoms with Crippen molar-refractivity contribution >= 4 is 291 Å². The lowest BCUT2D eigenvalue weighted by Gasteiger charge is -2.46. The van der Waals surface area contributed by atoms with Gasteiger partial charge in [-0.3, -0.25) is 0 Å². The zero-order valence-corrected chi connectivity index (χ0v) is 33.5. The summed E-state index contributed by atoms with van der Waals surface area (Å²) in [4.78, 5) is 0. The Labute approximate surface area is 358 Å². The van der Waals surface area contributed by atoms with Crippen LogP contribution >= 0.6 is 0 Å². The summed E-state index contributed by atoms with van der Waals surface area (Å²) < 4.78 is 0. The Hall–Kier alpha value is -8.32. The monoisotopic (exact) mass is 798 g/mol. The average molecular weight is 799 g/mol. The molecule has 66 heavy (non-hydrogen) atoms. The normalized spacial score (nSPS) is 21.2. The maximum Gasteiger partial charge on any atom is 0.0586 e. The largest absolute Gasteiger partial charge is 0.0622 e. The molecule has 0 aromatic heterocycles. The summed E-state index contributed by atoms with van der Waals surface area (Å²) in [6.45, 7) is 0. The summed E-state index contributed by atoms with van der Waals surface area (Å²) >= 11 is 0. The zero-order chi connectivity index (χ0) is 38.7. The van der Waals surface area contributed by atoms with Crippen LogP contribution in [0.15, 0.2) is 30.3 Å². The second kappa shape index (κ2) is 5.27. The maximum absolute atomic E-state index is 2.60. The van der Waals surface area contributed by atoms with E-state index in [-0.39, 0.29) is 11.3 Å². The third-order valence-electron chi connectivity index (χ3n) is 24.4. The Morgan fingerprint density at radius 3 is 0.576 bits per heavy atom. The van der Waals surface area contributed by atoms with Gasteiger partial charge in [-0.05, 0) is 319 Å². The van der Waals surface area contributed by atoms with Crippen LogP contribution in [0.25, 0.3) is 291 Å². The third-order valence-corrected chi connectivity index (χ3v) is 24.4. The molecular formula is C66H6. The number of benzene rings is 19. The van der Waals surface area contributed by atoms with E-state index in [1.54, 1.807) is 319 Å². The highest BCUT2D eigenvalue weighted by Crippen LogP contribution is 2.84. The van der Waals surface area contributed by atoms with Crippen molar-refractivity contribution in [1.82, 2.24) is 0 Å². The van der Waals surface area contributed by atoms with Crippen LogP contribution in [-0.2, 0) is 5.41 Å². The predicted octanol–water partition coefficient (Wildman–Crippen LogP) is 18.2. The van der Waals surface area contributed by atoms with E-state index < -0.39 is 0 Å². The first kappa shape index (κ1) is 23.6. The second-order valence-corrected chi connectivity index (χ2v) is 24.4. The van der Waals surface area contributed by atoms with Crippen LogP contribution in [0.5, 0.6) is 0 Å². The van der Waals surface area contributed by atoms with E-state index in [1.807, 2.05) is 0 Å². The van der Waals surface area contributed by atoms with E-state index in [2.05, 4.69) is 30.3 Å². The summed E-state index contributed by atoms with van der Waals surface area (Å²) in [5.41, 5.74) is 8.20. The molecular weight excluding hydrogens is 793 g/mol. The van der Waals surface area contributed by atoms with Crippen molar-refractivity contribution in [3.05, 3.63) is 58.1 Å². The van der Waals surface area contributed by atoms with Crippen LogP contribution < -0.4 is 0 Å². The topological polar surface area (TPSA) is 0 Å². The number of hydrogen-bond donors (Lipinski definition) is 0. The first-order chi connectivity index (χ1) is 33.0. The fourth-order valence-corrected chi connectivity index (χ4v) is 24.3. The standard InChI is InChI=1S/C66H6/c1-2-4-6(5-3-1)66-63-59-53-39-31-23-11-8-7-9-12(11)24-26-22-16(9)18-14-10(7)13-17-15(8)21-25(23)37(39)45-43-29(21)27(17)35-33-19(13)20(14)34-36-28(18)30(22)44-46-38(26)40(32(24)31)54(53)60(63)56(46)58-50(44)48(36)52-42(34)41(33)51-47(35)49(43)57(55(45)59)64(66)61(51)62(52)65(58)66/h1-5,63H. The molecule has 0 heteroatoms. The van der Waals surface area contributed by atoms with E-state index in [0.29, 0.717) is 0 Å². The molecule has 29 aromatic carbocycles. The van der Waals surface area contributed by atoms with Gasteiger partial charge in [-0.1, -0.05) is 30.3 Å². The van der Waals surface area contributed by atoms with Crippen molar-refractivity contribution in [3.63, 3.8) is 0 Å². The van der Waals surface area contributed by atoms with Crippen LogP contribution in [0.2, 0.25) is 0 Å². The van der Waals surface area contributed by atoms with Gasteiger partial charge in [-0.25, -0.2) is 0 Å². The molecule has 0 saturated carbocycles. The fraction of sp³-hybridized carbons (Fsp3) is 0.0303. The van der Waals surface area contributed by atoms with Crippen LogP contribution in [0.4, 0.5) is 0 Å². The lowest BCUT2D eigenvalue weighted by molar-refractivity contribution is 0.567. The highest BCUT2D eigenvalue weighted by atomic mass is 14.6. The van der Waals surface area contributed by atoms with Gasteiger partial charge in [0.05, 0.1) is 5.41 Å². The predicted molar refractivity (Wildman–Crippen MR) is 280 cm³/mol. The van der Waals surface area contributed by atoms with Gasteiger partial charge in [-0.15, -0.1) is 0 Å². The maximum atomic E-state index is 2.60. The van der Waals surface area contributed by atoms with Crippen molar-refractivity contribution in [2.45, 2.75) is 11.3 Å². The van der Waals surface area contributed by atoms with Gasteiger partial charge in [-0.2, -0.15) is 0 Å². The number of hydrogen-bond acceptors (Lipinski definition) is 0. The third kappa shape index (κ3) is 1.21. The van der Waals surface area contributed by atoms with E-state index in [0.717, 1.165) is 0 Å². The Balaban J connectivity index is 1.26. The Bertz CT molecular complexity index is 6960. The van der Waals surface area contributed by atoms with Crippen LogP contribution in [-0.4, -0.2) is 0 Å². The van der Waals surface area contributed by atoms with Crippen LogP contribution in [0.1, 0.15) is 33.7 Å². The van der Waals surface area contributed by atoms with Gasteiger partial charge >= 0.3 is 0 Å². The fourth-order valence-electron chi connectivity index (χ4n) is 24.3. The molecule has 0 saturated heterocycles. The summed E-state index contributed by atoms with van der Waals surface area (Å²) in [6, 6.07) is 12.3. The summed E-state index contributed by atoms with van der Waals surface area (Å²) in [7, 11) is 0.